The van der Waals surface area contributed by atoms with E-state index in [1.54, 1.807) is 13.0 Å². The molecule has 106 valence electrons. The number of hydrogen-bond donors (Lipinski definition) is 1. The molecule has 1 atom stereocenters. The molecule has 0 aliphatic carbocycles. The summed E-state index contributed by atoms with van der Waals surface area (Å²) in [5.74, 6) is -1.71. The average Bonchev–Trinajstić information content (AvgIpc) is 2.43. The first kappa shape index (κ1) is 14.4. The van der Waals surface area contributed by atoms with Gasteiger partial charge in [0, 0.05) is 0 Å². The molecule has 2 rings (SSSR count). The monoisotopic (exact) mass is 281 g/mol. The molecular formula is C15H14F3NO. The van der Waals surface area contributed by atoms with Crippen molar-refractivity contribution in [3.05, 3.63) is 65.0 Å². The first-order valence-electron chi connectivity index (χ1n) is 6.07. The van der Waals surface area contributed by atoms with E-state index in [0.717, 1.165) is 12.1 Å². The summed E-state index contributed by atoms with van der Waals surface area (Å²) in [5, 5.41) is 0. The second kappa shape index (κ2) is 5.96. The van der Waals surface area contributed by atoms with Crippen LogP contribution in [0.3, 0.4) is 0 Å². The maximum atomic E-state index is 13.1. The van der Waals surface area contributed by atoms with E-state index in [0.29, 0.717) is 16.9 Å². The van der Waals surface area contributed by atoms with E-state index in [1.807, 2.05) is 0 Å². The summed E-state index contributed by atoms with van der Waals surface area (Å²) in [4.78, 5) is 0. The predicted octanol–water partition coefficient (Wildman–Crippen LogP) is 3.49. The lowest BCUT2D eigenvalue weighted by Crippen LogP contribution is -2.19. The molecule has 0 saturated heterocycles. The molecule has 0 aliphatic heterocycles. The normalized spacial score (nSPS) is 12.2. The van der Waals surface area contributed by atoms with Crippen molar-refractivity contribution in [1.82, 2.24) is 0 Å². The molecule has 0 heterocycles. The van der Waals surface area contributed by atoms with Crippen LogP contribution in [-0.4, -0.2) is 6.61 Å². The van der Waals surface area contributed by atoms with E-state index in [2.05, 4.69) is 0 Å². The van der Waals surface area contributed by atoms with Gasteiger partial charge >= 0.3 is 0 Å². The van der Waals surface area contributed by atoms with Crippen LogP contribution in [0, 0.1) is 24.4 Å². The van der Waals surface area contributed by atoms with E-state index < -0.39 is 17.7 Å². The number of aryl methyl sites for hydroxylation is 1. The molecule has 0 saturated carbocycles. The van der Waals surface area contributed by atoms with Gasteiger partial charge in [0.2, 0.25) is 0 Å². The Morgan fingerprint density at radius 1 is 1.00 bits per heavy atom. The quantitative estimate of drug-likeness (QED) is 0.931. The fraction of sp³-hybridized carbons (Fsp3) is 0.200. The van der Waals surface area contributed by atoms with Gasteiger partial charge in [-0.3, -0.25) is 0 Å². The molecule has 0 bridgehead atoms. The smallest absolute Gasteiger partial charge is 0.159 e. The van der Waals surface area contributed by atoms with Crippen LogP contribution in [0.4, 0.5) is 13.2 Å². The lowest BCUT2D eigenvalue weighted by molar-refractivity contribution is 0.289. The fourth-order valence-corrected chi connectivity index (χ4v) is 1.73. The van der Waals surface area contributed by atoms with E-state index >= 15 is 0 Å². The third-order valence-electron chi connectivity index (χ3n) is 2.93. The number of benzene rings is 2. The van der Waals surface area contributed by atoms with Gasteiger partial charge in [-0.2, -0.15) is 0 Å². The van der Waals surface area contributed by atoms with E-state index in [9.17, 15) is 13.2 Å². The zero-order chi connectivity index (χ0) is 14.7. The van der Waals surface area contributed by atoms with Crippen LogP contribution in [-0.2, 0) is 0 Å². The van der Waals surface area contributed by atoms with Gasteiger partial charge in [-0.05, 0) is 48.4 Å². The van der Waals surface area contributed by atoms with Crippen molar-refractivity contribution in [2.75, 3.05) is 6.61 Å². The number of nitrogens with two attached hydrogens (primary N) is 1. The van der Waals surface area contributed by atoms with Crippen molar-refractivity contribution in [2.45, 2.75) is 13.0 Å². The molecule has 2 N–H and O–H groups in total. The Kier molecular flexibility index (Phi) is 4.29. The Bertz CT molecular complexity index is 616. The Hall–Kier alpha value is -2.01. The van der Waals surface area contributed by atoms with Gasteiger partial charge < -0.3 is 10.5 Å². The van der Waals surface area contributed by atoms with Gasteiger partial charge in [-0.25, -0.2) is 13.2 Å². The topological polar surface area (TPSA) is 35.2 Å². The van der Waals surface area contributed by atoms with Gasteiger partial charge in [0.15, 0.2) is 11.6 Å². The minimum Gasteiger partial charge on any atom is -0.492 e. The largest absolute Gasteiger partial charge is 0.492 e. The minimum atomic E-state index is -0.949. The Labute approximate surface area is 115 Å². The first-order chi connectivity index (χ1) is 9.47. The van der Waals surface area contributed by atoms with Crippen LogP contribution >= 0.6 is 0 Å². The van der Waals surface area contributed by atoms with Crippen LogP contribution in [0.25, 0.3) is 0 Å². The van der Waals surface area contributed by atoms with E-state index in [4.69, 9.17) is 10.5 Å². The summed E-state index contributed by atoms with van der Waals surface area (Å²) in [6.45, 7) is 1.70. The third-order valence-corrected chi connectivity index (χ3v) is 2.93. The molecule has 0 aromatic heterocycles. The van der Waals surface area contributed by atoms with Crippen LogP contribution in [0.5, 0.6) is 5.75 Å². The van der Waals surface area contributed by atoms with Crippen molar-refractivity contribution in [3.8, 4) is 5.75 Å². The number of hydrogen-bond acceptors (Lipinski definition) is 2. The molecular weight excluding hydrogens is 267 g/mol. The van der Waals surface area contributed by atoms with Crippen LogP contribution in [0.1, 0.15) is 17.2 Å². The van der Waals surface area contributed by atoms with Crippen molar-refractivity contribution < 1.29 is 17.9 Å². The highest BCUT2D eigenvalue weighted by atomic mass is 19.2. The number of ether oxygens (including phenoxy) is 1. The minimum absolute atomic E-state index is 0.0795. The zero-order valence-electron chi connectivity index (χ0n) is 10.9. The van der Waals surface area contributed by atoms with Crippen molar-refractivity contribution in [2.24, 2.45) is 5.73 Å². The molecule has 2 aromatic rings. The molecule has 2 aromatic carbocycles. The molecule has 0 amide bonds. The summed E-state index contributed by atoms with van der Waals surface area (Å²) in [5.41, 5.74) is 6.74. The van der Waals surface area contributed by atoms with Crippen molar-refractivity contribution in [3.63, 3.8) is 0 Å². The van der Waals surface area contributed by atoms with Gasteiger partial charge in [-0.1, -0.05) is 6.07 Å². The summed E-state index contributed by atoms with van der Waals surface area (Å²) < 4.78 is 44.4. The highest BCUT2D eigenvalue weighted by Gasteiger charge is 2.11. The first-order valence-corrected chi connectivity index (χ1v) is 6.07. The highest BCUT2D eigenvalue weighted by Crippen LogP contribution is 2.19. The molecule has 0 aliphatic rings. The molecule has 0 spiro atoms. The number of rotatable bonds is 4. The lowest BCUT2D eigenvalue weighted by Gasteiger charge is -2.14. The Morgan fingerprint density at radius 3 is 2.35 bits per heavy atom. The molecule has 1 unspecified atom stereocenters. The van der Waals surface area contributed by atoms with Crippen molar-refractivity contribution >= 4 is 0 Å². The van der Waals surface area contributed by atoms with Crippen LogP contribution in [0.15, 0.2) is 36.4 Å². The second-order valence-electron chi connectivity index (χ2n) is 4.50. The maximum absolute atomic E-state index is 13.1. The Morgan fingerprint density at radius 2 is 1.70 bits per heavy atom. The predicted molar refractivity (Wildman–Crippen MR) is 69.9 cm³/mol. The summed E-state index contributed by atoms with van der Waals surface area (Å²) in [6.07, 6.45) is 0. The molecule has 2 nitrogen and oxygen atoms in total. The highest BCUT2D eigenvalue weighted by molar-refractivity contribution is 5.29. The standard InChI is InChI=1S/C15H14F3NO/c1-9-6-11(3-5-12(9)16)20-8-15(19)10-2-4-13(17)14(18)7-10/h2-7,15H,8,19H2,1H3. The van der Waals surface area contributed by atoms with Gasteiger partial charge in [0.1, 0.15) is 18.2 Å². The maximum Gasteiger partial charge on any atom is 0.159 e. The molecule has 0 fully saturated rings. The van der Waals surface area contributed by atoms with Gasteiger partial charge in [0.25, 0.3) is 0 Å². The SMILES string of the molecule is Cc1cc(OCC(N)c2ccc(F)c(F)c2)ccc1F. The number of halogens is 3. The van der Waals surface area contributed by atoms with Gasteiger partial charge in [-0.15, -0.1) is 0 Å². The lowest BCUT2D eigenvalue weighted by atomic mass is 10.1. The van der Waals surface area contributed by atoms with E-state index in [-0.39, 0.29) is 12.4 Å². The fourth-order valence-electron chi connectivity index (χ4n) is 1.73. The second-order valence-corrected chi connectivity index (χ2v) is 4.50. The van der Waals surface area contributed by atoms with Gasteiger partial charge in [0.05, 0.1) is 6.04 Å². The molecule has 20 heavy (non-hydrogen) atoms. The molecule has 0 radical (unpaired) electrons. The van der Waals surface area contributed by atoms with Crippen LogP contribution < -0.4 is 10.5 Å². The third kappa shape index (κ3) is 3.30. The summed E-state index contributed by atoms with van der Waals surface area (Å²) >= 11 is 0. The average molecular weight is 281 g/mol. The zero-order valence-corrected chi connectivity index (χ0v) is 10.9. The van der Waals surface area contributed by atoms with Crippen LogP contribution in [0.2, 0.25) is 0 Å². The summed E-state index contributed by atoms with van der Waals surface area (Å²) in [6, 6.07) is 7.20. The van der Waals surface area contributed by atoms with Crippen molar-refractivity contribution in [1.29, 1.82) is 0 Å². The summed E-state index contributed by atoms with van der Waals surface area (Å²) in [7, 11) is 0. The van der Waals surface area contributed by atoms with E-state index in [1.165, 1.54) is 18.2 Å². The molecule has 5 heteroatoms. The Balaban J connectivity index is 2.02.